The minimum Gasteiger partial charge on any atom is -0.462 e. The van der Waals surface area contributed by atoms with E-state index in [0.29, 0.717) is 29.6 Å². The summed E-state index contributed by atoms with van der Waals surface area (Å²) in [5, 5.41) is 10.6. The number of nitrogens with zero attached hydrogens (tertiary/aromatic N) is 2. The van der Waals surface area contributed by atoms with Gasteiger partial charge in [0.15, 0.2) is 10.9 Å². The largest absolute Gasteiger partial charge is 0.462 e. The van der Waals surface area contributed by atoms with Crippen LogP contribution < -0.4 is 10.6 Å². The number of nitrogens with one attached hydrogen (secondary N) is 2. The van der Waals surface area contributed by atoms with Gasteiger partial charge in [0, 0.05) is 22.9 Å². The first-order chi connectivity index (χ1) is 11.0. The van der Waals surface area contributed by atoms with Crippen LogP contribution in [0.15, 0.2) is 34.9 Å². The molecule has 2 rings (SSSR count). The maximum absolute atomic E-state index is 12.0. The van der Waals surface area contributed by atoms with E-state index >= 15 is 0 Å². The summed E-state index contributed by atoms with van der Waals surface area (Å²) >= 11 is 8.65. The van der Waals surface area contributed by atoms with Crippen LogP contribution in [-0.2, 0) is 11.3 Å². The second kappa shape index (κ2) is 8.07. The lowest BCUT2D eigenvalue weighted by Gasteiger charge is -2.10. The molecule has 1 heterocycles. The average Bonchev–Trinajstić information content (AvgIpc) is 2.93. The number of thiocarbonyl (C=S) groups is 1. The second-order valence-corrected chi connectivity index (χ2v) is 5.88. The molecule has 0 amide bonds. The highest BCUT2D eigenvalue weighted by Gasteiger charge is 2.18. The number of hydrogen-bond donors (Lipinski definition) is 2. The van der Waals surface area contributed by atoms with Gasteiger partial charge in [-0.05, 0) is 50.3 Å². The van der Waals surface area contributed by atoms with Crippen molar-refractivity contribution in [2.75, 3.05) is 17.2 Å². The molecule has 0 aliphatic rings. The van der Waals surface area contributed by atoms with Crippen molar-refractivity contribution < 1.29 is 9.53 Å². The van der Waals surface area contributed by atoms with Gasteiger partial charge in [-0.3, -0.25) is 4.68 Å². The molecular formula is C15H17BrN4O2S. The van der Waals surface area contributed by atoms with Gasteiger partial charge in [-0.15, -0.1) is 0 Å². The highest BCUT2D eigenvalue weighted by atomic mass is 79.9. The Morgan fingerprint density at radius 2 is 2.00 bits per heavy atom. The maximum atomic E-state index is 12.0. The zero-order chi connectivity index (χ0) is 16.8. The van der Waals surface area contributed by atoms with Crippen molar-refractivity contribution >= 4 is 50.7 Å². The zero-order valence-corrected chi connectivity index (χ0v) is 15.2. The summed E-state index contributed by atoms with van der Waals surface area (Å²) in [6.07, 6.45) is 1.64. The van der Waals surface area contributed by atoms with Gasteiger partial charge in [0.25, 0.3) is 0 Å². The molecule has 6 nitrogen and oxygen atoms in total. The Balaban J connectivity index is 2.11. The molecule has 0 saturated heterocycles. The van der Waals surface area contributed by atoms with E-state index in [1.807, 2.05) is 31.2 Å². The summed E-state index contributed by atoms with van der Waals surface area (Å²) in [7, 11) is 0. The van der Waals surface area contributed by atoms with Gasteiger partial charge in [-0.1, -0.05) is 15.9 Å². The highest BCUT2D eigenvalue weighted by molar-refractivity contribution is 9.10. The van der Waals surface area contributed by atoms with Crippen LogP contribution in [0.2, 0.25) is 0 Å². The topological polar surface area (TPSA) is 68.2 Å². The molecule has 2 aromatic rings. The van der Waals surface area contributed by atoms with E-state index in [9.17, 15) is 4.79 Å². The molecule has 0 aliphatic heterocycles. The van der Waals surface area contributed by atoms with Crippen molar-refractivity contribution in [3.05, 3.63) is 40.5 Å². The van der Waals surface area contributed by atoms with E-state index < -0.39 is 5.97 Å². The number of rotatable bonds is 5. The number of aryl methyl sites for hydroxylation is 1. The molecule has 0 spiro atoms. The molecule has 0 fully saturated rings. The van der Waals surface area contributed by atoms with Crippen molar-refractivity contribution in [1.82, 2.24) is 9.78 Å². The molecule has 0 atom stereocenters. The number of esters is 1. The van der Waals surface area contributed by atoms with Crippen LogP contribution in [0.4, 0.5) is 11.5 Å². The number of ether oxygens (including phenoxy) is 1. The van der Waals surface area contributed by atoms with Crippen LogP contribution in [0, 0.1) is 0 Å². The standard InChI is InChI=1S/C15H17BrN4O2S/c1-3-20-9-12(14(21)22-4-2)13(19-20)18-15(23)17-11-7-5-10(16)6-8-11/h5-9H,3-4H2,1-2H3,(H2,17,18,19,23). The number of anilines is 2. The lowest BCUT2D eigenvalue weighted by atomic mass is 10.3. The van der Waals surface area contributed by atoms with E-state index in [-0.39, 0.29) is 0 Å². The summed E-state index contributed by atoms with van der Waals surface area (Å²) < 4.78 is 7.67. The van der Waals surface area contributed by atoms with Crippen LogP contribution in [0.25, 0.3) is 0 Å². The molecular weight excluding hydrogens is 380 g/mol. The molecule has 122 valence electrons. The van der Waals surface area contributed by atoms with Gasteiger partial charge in [-0.25, -0.2) is 4.79 Å². The Bertz CT molecular complexity index is 700. The Morgan fingerprint density at radius 3 is 2.61 bits per heavy atom. The lowest BCUT2D eigenvalue weighted by Crippen LogP contribution is -2.21. The molecule has 0 unspecified atom stereocenters. The summed E-state index contributed by atoms with van der Waals surface area (Å²) in [6, 6.07) is 7.57. The fourth-order valence-corrected chi connectivity index (χ4v) is 2.32. The molecule has 1 aromatic carbocycles. The van der Waals surface area contributed by atoms with E-state index in [0.717, 1.165) is 10.2 Å². The number of carbonyl (C=O) groups excluding carboxylic acids is 1. The van der Waals surface area contributed by atoms with Gasteiger partial charge in [-0.2, -0.15) is 5.10 Å². The van der Waals surface area contributed by atoms with Crippen LogP contribution in [0.5, 0.6) is 0 Å². The van der Waals surface area contributed by atoms with Crippen molar-refractivity contribution in [2.24, 2.45) is 0 Å². The molecule has 0 saturated carbocycles. The van der Waals surface area contributed by atoms with Crippen LogP contribution in [0.3, 0.4) is 0 Å². The summed E-state index contributed by atoms with van der Waals surface area (Å²) in [6.45, 7) is 4.64. The predicted octanol–water partition coefficient (Wildman–Crippen LogP) is 3.65. The monoisotopic (exact) mass is 396 g/mol. The van der Waals surface area contributed by atoms with Crippen LogP contribution >= 0.6 is 28.1 Å². The minimum atomic E-state index is -0.429. The van der Waals surface area contributed by atoms with Gasteiger partial charge in [0.05, 0.1) is 6.61 Å². The quantitative estimate of drug-likeness (QED) is 0.593. The van der Waals surface area contributed by atoms with E-state index in [1.54, 1.807) is 17.8 Å². The first-order valence-corrected chi connectivity index (χ1v) is 8.31. The molecule has 0 radical (unpaired) electrons. The van der Waals surface area contributed by atoms with Gasteiger partial charge < -0.3 is 15.4 Å². The molecule has 8 heteroatoms. The van der Waals surface area contributed by atoms with Gasteiger partial charge >= 0.3 is 5.97 Å². The number of benzene rings is 1. The fourth-order valence-electron chi connectivity index (χ4n) is 1.84. The number of halogens is 1. The third kappa shape index (κ3) is 4.77. The molecule has 1 aromatic heterocycles. The van der Waals surface area contributed by atoms with E-state index in [1.165, 1.54) is 0 Å². The Kier molecular flexibility index (Phi) is 6.12. The first kappa shape index (κ1) is 17.4. The zero-order valence-electron chi connectivity index (χ0n) is 12.8. The van der Waals surface area contributed by atoms with Crippen molar-refractivity contribution in [1.29, 1.82) is 0 Å². The summed E-state index contributed by atoms with van der Waals surface area (Å²) in [5.74, 6) is -0.0546. The summed E-state index contributed by atoms with van der Waals surface area (Å²) in [4.78, 5) is 12.0. The second-order valence-electron chi connectivity index (χ2n) is 4.55. The van der Waals surface area contributed by atoms with E-state index in [2.05, 4.69) is 31.7 Å². The fraction of sp³-hybridized carbons (Fsp3) is 0.267. The van der Waals surface area contributed by atoms with Crippen molar-refractivity contribution in [3.63, 3.8) is 0 Å². The number of carbonyl (C=O) groups is 1. The summed E-state index contributed by atoms with van der Waals surface area (Å²) in [5.41, 5.74) is 1.19. The first-order valence-electron chi connectivity index (χ1n) is 7.11. The van der Waals surface area contributed by atoms with Gasteiger partial charge in [0.1, 0.15) is 5.56 Å². The third-order valence-electron chi connectivity index (χ3n) is 2.92. The molecule has 0 bridgehead atoms. The Hall–Kier alpha value is -1.93. The third-order valence-corrected chi connectivity index (χ3v) is 3.65. The lowest BCUT2D eigenvalue weighted by molar-refractivity contribution is 0.0527. The predicted molar refractivity (Wildman–Crippen MR) is 97.8 cm³/mol. The Labute approximate surface area is 148 Å². The van der Waals surface area contributed by atoms with Gasteiger partial charge in [0.2, 0.25) is 0 Å². The average molecular weight is 397 g/mol. The SMILES string of the molecule is CCOC(=O)c1cn(CC)nc1NC(=S)Nc1ccc(Br)cc1. The molecule has 2 N–H and O–H groups in total. The normalized spacial score (nSPS) is 10.2. The highest BCUT2D eigenvalue weighted by Crippen LogP contribution is 2.17. The van der Waals surface area contributed by atoms with Crippen LogP contribution in [0.1, 0.15) is 24.2 Å². The Morgan fingerprint density at radius 1 is 1.30 bits per heavy atom. The smallest absolute Gasteiger partial charge is 0.343 e. The minimum absolute atomic E-state index is 0.303. The van der Waals surface area contributed by atoms with Crippen molar-refractivity contribution in [3.8, 4) is 0 Å². The van der Waals surface area contributed by atoms with Crippen molar-refractivity contribution in [2.45, 2.75) is 20.4 Å². The number of aromatic nitrogens is 2. The molecule has 23 heavy (non-hydrogen) atoms. The maximum Gasteiger partial charge on any atom is 0.343 e. The van der Waals surface area contributed by atoms with Crippen LogP contribution in [-0.4, -0.2) is 27.5 Å². The number of hydrogen-bond acceptors (Lipinski definition) is 4. The molecule has 0 aliphatic carbocycles. The van der Waals surface area contributed by atoms with E-state index in [4.69, 9.17) is 17.0 Å².